The van der Waals surface area contributed by atoms with Crippen molar-refractivity contribution in [2.45, 2.75) is 19.3 Å². The molecule has 0 saturated carbocycles. The Morgan fingerprint density at radius 2 is 1.73 bits per heavy atom. The minimum Gasteiger partial charge on any atom is -0.463 e. The average molecular weight is 238 g/mol. The lowest BCUT2D eigenvalue weighted by Gasteiger charge is -2.16. The Labute approximate surface area is 81.1 Å². The normalized spacial score (nSPS) is 16.4. The van der Waals surface area contributed by atoms with E-state index in [-0.39, 0.29) is 6.08 Å². The van der Waals surface area contributed by atoms with Gasteiger partial charge in [0, 0.05) is 0 Å². The van der Waals surface area contributed by atoms with Gasteiger partial charge in [-0.2, -0.15) is 26.3 Å². The van der Waals surface area contributed by atoms with Gasteiger partial charge in [-0.25, -0.2) is 0 Å². The van der Waals surface area contributed by atoms with Crippen LogP contribution in [0, 0.1) is 5.92 Å². The number of hydrogen-bond donors (Lipinski definition) is 1. The SMILES string of the molecule is CC(/C=C(\OCO)C(F)(F)F)C(F)(F)F. The molecular formula is C7H8F6O2. The van der Waals surface area contributed by atoms with Crippen LogP contribution in [0.25, 0.3) is 0 Å². The lowest BCUT2D eigenvalue weighted by Crippen LogP contribution is -2.22. The molecule has 0 aromatic carbocycles. The Kier molecular flexibility index (Phi) is 4.44. The summed E-state index contributed by atoms with van der Waals surface area (Å²) in [5, 5.41) is 8.07. The highest BCUT2D eigenvalue weighted by Crippen LogP contribution is 2.32. The molecule has 1 unspecified atom stereocenters. The van der Waals surface area contributed by atoms with Gasteiger partial charge in [0.05, 0.1) is 5.92 Å². The third-order valence-corrected chi connectivity index (χ3v) is 1.42. The Hall–Kier alpha value is -0.920. The first-order valence-electron chi connectivity index (χ1n) is 3.68. The summed E-state index contributed by atoms with van der Waals surface area (Å²) in [6.45, 7) is -0.789. The van der Waals surface area contributed by atoms with Crippen LogP contribution in [0.2, 0.25) is 0 Å². The Morgan fingerprint density at radius 3 is 2.00 bits per heavy atom. The molecule has 0 spiro atoms. The number of aliphatic hydroxyl groups excluding tert-OH is 1. The molecule has 0 aliphatic carbocycles. The van der Waals surface area contributed by atoms with Gasteiger partial charge in [-0.15, -0.1) is 0 Å². The van der Waals surface area contributed by atoms with Gasteiger partial charge in [0.15, 0.2) is 12.6 Å². The number of halogens is 6. The molecule has 0 bridgehead atoms. The van der Waals surface area contributed by atoms with Crippen molar-refractivity contribution in [3.63, 3.8) is 0 Å². The van der Waals surface area contributed by atoms with Gasteiger partial charge in [-0.3, -0.25) is 0 Å². The molecule has 0 rings (SSSR count). The van der Waals surface area contributed by atoms with E-state index in [0.29, 0.717) is 6.92 Å². The van der Waals surface area contributed by atoms with Crippen molar-refractivity contribution >= 4 is 0 Å². The molecule has 0 aromatic rings. The van der Waals surface area contributed by atoms with Crippen LogP contribution < -0.4 is 0 Å². The van der Waals surface area contributed by atoms with Crippen LogP contribution in [-0.4, -0.2) is 24.3 Å². The van der Waals surface area contributed by atoms with E-state index >= 15 is 0 Å². The number of alkyl halides is 6. The first-order chi connectivity index (χ1) is 6.59. The second-order valence-electron chi connectivity index (χ2n) is 2.63. The maximum Gasteiger partial charge on any atom is 0.448 e. The Morgan fingerprint density at radius 1 is 1.27 bits per heavy atom. The van der Waals surface area contributed by atoms with E-state index in [1.54, 1.807) is 0 Å². The van der Waals surface area contributed by atoms with Crippen LogP contribution in [0.1, 0.15) is 6.92 Å². The molecule has 90 valence electrons. The van der Waals surface area contributed by atoms with Crippen molar-refractivity contribution in [2.75, 3.05) is 6.79 Å². The third-order valence-electron chi connectivity index (χ3n) is 1.42. The molecule has 1 N–H and O–H groups in total. The first kappa shape index (κ1) is 14.1. The van der Waals surface area contributed by atoms with Crippen molar-refractivity contribution in [3.8, 4) is 0 Å². The highest BCUT2D eigenvalue weighted by atomic mass is 19.4. The smallest absolute Gasteiger partial charge is 0.448 e. The van der Waals surface area contributed by atoms with E-state index in [9.17, 15) is 26.3 Å². The van der Waals surface area contributed by atoms with Gasteiger partial charge in [-0.05, 0) is 6.08 Å². The zero-order chi connectivity index (χ0) is 12.3. The molecule has 2 nitrogen and oxygen atoms in total. The number of hydrogen-bond acceptors (Lipinski definition) is 2. The predicted octanol–water partition coefficient (Wildman–Crippen LogP) is 2.60. The van der Waals surface area contributed by atoms with E-state index in [1.807, 2.05) is 0 Å². The molecule has 0 radical (unpaired) electrons. The van der Waals surface area contributed by atoms with E-state index in [4.69, 9.17) is 5.11 Å². The molecule has 0 aromatic heterocycles. The summed E-state index contributed by atoms with van der Waals surface area (Å²) in [4.78, 5) is 0. The molecule has 8 heteroatoms. The summed E-state index contributed by atoms with van der Waals surface area (Å²) in [6.07, 6.45) is -9.96. The maximum atomic E-state index is 12.0. The van der Waals surface area contributed by atoms with Crippen molar-refractivity contribution in [3.05, 3.63) is 11.8 Å². The van der Waals surface area contributed by atoms with Gasteiger partial charge < -0.3 is 9.84 Å². The molecule has 0 amide bonds. The summed E-state index contributed by atoms with van der Waals surface area (Å²) >= 11 is 0. The van der Waals surface area contributed by atoms with Crippen molar-refractivity contribution in [1.82, 2.24) is 0 Å². The lowest BCUT2D eigenvalue weighted by atomic mass is 10.1. The second-order valence-corrected chi connectivity index (χ2v) is 2.63. The standard InChI is InChI=1S/C7H8F6O2/c1-4(6(8,9)10)2-5(15-3-14)7(11,12)13/h2,4,14H,3H2,1H3/b5-2-. The fraction of sp³-hybridized carbons (Fsp3) is 0.714. The summed E-state index contributed by atoms with van der Waals surface area (Å²) in [5.41, 5.74) is 0. The summed E-state index contributed by atoms with van der Waals surface area (Å²) < 4.78 is 75.3. The van der Waals surface area contributed by atoms with Gasteiger partial charge in [-0.1, -0.05) is 6.92 Å². The monoisotopic (exact) mass is 238 g/mol. The molecule has 0 aliphatic rings. The van der Waals surface area contributed by atoms with E-state index in [2.05, 4.69) is 4.74 Å². The lowest BCUT2D eigenvalue weighted by molar-refractivity contribution is -0.164. The van der Waals surface area contributed by atoms with Crippen LogP contribution >= 0.6 is 0 Å². The molecule has 0 saturated heterocycles. The van der Waals surface area contributed by atoms with E-state index in [1.165, 1.54) is 0 Å². The summed E-state index contributed by atoms with van der Waals surface area (Å²) in [5.74, 6) is -4.16. The molecule has 0 aliphatic heterocycles. The van der Waals surface area contributed by atoms with Crippen LogP contribution in [0.3, 0.4) is 0 Å². The van der Waals surface area contributed by atoms with Crippen molar-refractivity contribution < 1.29 is 36.2 Å². The van der Waals surface area contributed by atoms with Crippen LogP contribution in [0.4, 0.5) is 26.3 Å². The van der Waals surface area contributed by atoms with Crippen molar-refractivity contribution in [1.29, 1.82) is 0 Å². The zero-order valence-corrected chi connectivity index (χ0v) is 7.49. The van der Waals surface area contributed by atoms with Gasteiger partial charge in [0.25, 0.3) is 0 Å². The second kappa shape index (κ2) is 4.73. The van der Waals surface area contributed by atoms with E-state index < -0.39 is 30.8 Å². The van der Waals surface area contributed by atoms with E-state index in [0.717, 1.165) is 0 Å². The number of aliphatic hydroxyl groups is 1. The summed E-state index contributed by atoms with van der Waals surface area (Å²) in [6, 6.07) is 0. The highest BCUT2D eigenvalue weighted by molar-refractivity contribution is 5.03. The first-order valence-corrected chi connectivity index (χ1v) is 3.68. The van der Waals surface area contributed by atoms with Crippen LogP contribution in [-0.2, 0) is 4.74 Å². The number of allylic oxidation sites excluding steroid dienone is 2. The fourth-order valence-electron chi connectivity index (χ4n) is 0.616. The molecule has 1 atom stereocenters. The zero-order valence-electron chi connectivity index (χ0n) is 7.49. The molecular weight excluding hydrogens is 230 g/mol. The molecule has 0 heterocycles. The predicted molar refractivity (Wildman–Crippen MR) is 37.5 cm³/mol. The highest BCUT2D eigenvalue weighted by Gasteiger charge is 2.41. The van der Waals surface area contributed by atoms with Gasteiger partial charge in [0.1, 0.15) is 0 Å². The number of rotatable bonds is 3. The minimum absolute atomic E-state index is 0.129. The fourth-order valence-corrected chi connectivity index (χ4v) is 0.616. The van der Waals surface area contributed by atoms with Gasteiger partial charge >= 0.3 is 12.4 Å². The minimum atomic E-state index is -5.05. The molecule has 0 fully saturated rings. The summed E-state index contributed by atoms with van der Waals surface area (Å²) in [7, 11) is 0. The average Bonchev–Trinajstić information content (AvgIpc) is 1.99. The number of ether oxygens (including phenoxy) is 1. The third kappa shape index (κ3) is 4.91. The Bertz CT molecular complexity index is 229. The topological polar surface area (TPSA) is 29.5 Å². The largest absolute Gasteiger partial charge is 0.463 e. The molecule has 15 heavy (non-hydrogen) atoms. The van der Waals surface area contributed by atoms with Crippen molar-refractivity contribution in [2.24, 2.45) is 5.92 Å². The van der Waals surface area contributed by atoms with Gasteiger partial charge in [0.2, 0.25) is 0 Å². The van der Waals surface area contributed by atoms with Crippen LogP contribution in [0.15, 0.2) is 11.8 Å². The maximum absolute atomic E-state index is 12.0. The Balaban J connectivity index is 4.85. The van der Waals surface area contributed by atoms with Crippen LogP contribution in [0.5, 0.6) is 0 Å². The quantitative estimate of drug-likeness (QED) is 0.465.